The molecule has 0 bridgehead atoms. The summed E-state index contributed by atoms with van der Waals surface area (Å²) >= 11 is 0. The second kappa shape index (κ2) is 8.17. The van der Waals surface area contributed by atoms with Crippen LogP contribution in [0.3, 0.4) is 0 Å². The van der Waals surface area contributed by atoms with Crippen molar-refractivity contribution >= 4 is 21.6 Å². The van der Waals surface area contributed by atoms with Crippen molar-refractivity contribution in [3.8, 4) is 0 Å². The highest BCUT2D eigenvalue weighted by atomic mass is 32.2. The Kier molecular flexibility index (Phi) is 6.87. The summed E-state index contributed by atoms with van der Waals surface area (Å²) in [7, 11) is -3.51. The summed E-state index contributed by atoms with van der Waals surface area (Å²) < 4.78 is 25.2. The summed E-state index contributed by atoms with van der Waals surface area (Å²) in [5.41, 5.74) is 2.46. The Hall–Kier alpha value is -1.56. The first kappa shape index (κ1) is 18.5. The first-order valence-corrected chi connectivity index (χ1v) is 9.41. The number of rotatable bonds is 8. The van der Waals surface area contributed by atoms with Crippen LogP contribution in [0, 0.1) is 13.8 Å². The van der Waals surface area contributed by atoms with Crippen LogP contribution >= 0.6 is 0 Å². The minimum absolute atomic E-state index is 0.187. The van der Waals surface area contributed by atoms with Gasteiger partial charge >= 0.3 is 0 Å². The predicted octanol–water partition coefficient (Wildman–Crippen LogP) is 2.38. The number of sulfonamides is 1. The number of amides is 1. The van der Waals surface area contributed by atoms with Gasteiger partial charge in [-0.1, -0.05) is 25.8 Å². The third-order valence-electron chi connectivity index (χ3n) is 3.28. The highest BCUT2D eigenvalue weighted by Gasteiger charge is 2.21. The smallest absolute Gasteiger partial charge is 0.240 e. The van der Waals surface area contributed by atoms with Crippen molar-refractivity contribution in [2.24, 2.45) is 0 Å². The SMILES string of the molecule is CCCCCNC(=O)CN(c1cc(C)cc(C)c1)S(C)(=O)=O. The summed E-state index contributed by atoms with van der Waals surface area (Å²) in [4.78, 5) is 12.0. The van der Waals surface area contributed by atoms with Crippen LogP contribution in [0.15, 0.2) is 18.2 Å². The molecule has 1 aromatic rings. The lowest BCUT2D eigenvalue weighted by atomic mass is 10.1. The molecule has 1 N–H and O–H groups in total. The van der Waals surface area contributed by atoms with Crippen LogP contribution < -0.4 is 9.62 Å². The highest BCUT2D eigenvalue weighted by molar-refractivity contribution is 7.92. The van der Waals surface area contributed by atoms with Gasteiger partial charge in [0.1, 0.15) is 6.54 Å². The first-order valence-electron chi connectivity index (χ1n) is 7.56. The number of anilines is 1. The second-order valence-electron chi connectivity index (χ2n) is 5.67. The van der Waals surface area contributed by atoms with Crippen molar-refractivity contribution in [3.05, 3.63) is 29.3 Å². The van der Waals surface area contributed by atoms with Crippen LogP contribution in [0.25, 0.3) is 0 Å². The van der Waals surface area contributed by atoms with Gasteiger partial charge in [-0.2, -0.15) is 0 Å². The van der Waals surface area contributed by atoms with Crippen molar-refractivity contribution < 1.29 is 13.2 Å². The van der Waals surface area contributed by atoms with Gasteiger partial charge in [-0.25, -0.2) is 8.42 Å². The number of hydrogen-bond donors (Lipinski definition) is 1. The Labute approximate surface area is 133 Å². The maximum atomic E-state index is 12.0. The van der Waals surface area contributed by atoms with Gasteiger partial charge in [0.05, 0.1) is 11.9 Å². The molecule has 0 aliphatic carbocycles. The topological polar surface area (TPSA) is 66.5 Å². The zero-order valence-corrected chi connectivity index (χ0v) is 14.7. The van der Waals surface area contributed by atoms with Gasteiger partial charge in [-0.3, -0.25) is 9.10 Å². The summed E-state index contributed by atoms with van der Waals surface area (Å²) in [5.74, 6) is -0.277. The average molecular weight is 326 g/mol. The molecule has 1 amide bonds. The van der Waals surface area contributed by atoms with Crippen molar-refractivity contribution in [2.75, 3.05) is 23.7 Å². The third kappa shape index (κ3) is 6.05. The number of aryl methyl sites for hydroxylation is 2. The van der Waals surface area contributed by atoms with E-state index in [4.69, 9.17) is 0 Å². The van der Waals surface area contributed by atoms with Gasteiger partial charge in [0.15, 0.2) is 0 Å². The van der Waals surface area contributed by atoms with E-state index in [-0.39, 0.29) is 12.5 Å². The maximum Gasteiger partial charge on any atom is 0.240 e. The number of hydrogen-bond acceptors (Lipinski definition) is 3. The largest absolute Gasteiger partial charge is 0.355 e. The fourth-order valence-corrected chi connectivity index (χ4v) is 3.12. The number of benzene rings is 1. The van der Waals surface area contributed by atoms with Crippen molar-refractivity contribution in [1.29, 1.82) is 0 Å². The molecule has 5 nitrogen and oxygen atoms in total. The molecule has 0 heterocycles. The molecule has 0 saturated carbocycles. The Bertz CT molecular complexity index is 592. The lowest BCUT2D eigenvalue weighted by molar-refractivity contribution is -0.119. The lowest BCUT2D eigenvalue weighted by Crippen LogP contribution is -2.40. The van der Waals surface area contributed by atoms with E-state index in [1.807, 2.05) is 19.9 Å². The molecule has 0 unspecified atom stereocenters. The average Bonchev–Trinajstić information content (AvgIpc) is 2.38. The van der Waals surface area contributed by atoms with E-state index in [0.29, 0.717) is 12.2 Å². The van der Waals surface area contributed by atoms with Gasteiger partial charge < -0.3 is 5.32 Å². The van der Waals surface area contributed by atoms with Crippen molar-refractivity contribution in [3.63, 3.8) is 0 Å². The standard InChI is InChI=1S/C16H26N2O3S/c1-5-6-7-8-17-16(19)12-18(22(4,20)21)15-10-13(2)9-14(3)11-15/h9-11H,5-8,12H2,1-4H3,(H,17,19). The molecule has 22 heavy (non-hydrogen) atoms. The second-order valence-corrected chi connectivity index (χ2v) is 7.58. The monoisotopic (exact) mass is 326 g/mol. The van der Waals surface area contributed by atoms with Crippen LogP contribution in [-0.4, -0.2) is 33.7 Å². The Morgan fingerprint density at radius 2 is 1.73 bits per heavy atom. The molecular weight excluding hydrogens is 300 g/mol. The number of nitrogens with one attached hydrogen (secondary N) is 1. The van der Waals surface area contributed by atoms with Crippen LogP contribution in [0.1, 0.15) is 37.3 Å². The van der Waals surface area contributed by atoms with E-state index in [9.17, 15) is 13.2 Å². The zero-order valence-electron chi connectivity index (χ0n) is 13.8. The molecule has 0 spiro atoms. The molecule has 0 aliphatic rings. The van der Waals surface area contributed by atoms with Gasteiger partial charge in [0, 0.05) is 6.54 Å². The van der Waals surface area contributed by atoms with E-state index in [1.54, 1.807) is 12.1 Å². The van der Waals surface area contributed by atoms with Gasteiger partial charge in [-0.15, -0.1) is 0 Å². The van der Waals surface area contributed by atoms with E-state index >= 15 is 0 Å². The van der Waals surface area contributed by atoms with Crippen molar-refractivity contribution in [1.82, 2.24) is 5.32 Å². The van der Waals surface area contributed by atoms with Crippen LogP contribution in [0.2, 0.25) is 0 Å². The van der Waals surface area contributed by atoms with Crippen LogP contribution in [0.4, 0.5) is 5.69 Å². The molecule has 6 heteroatoms. The quantitative estimate of drug-likeness (QED) is 0.746. The number of carbonyl (C=O) groups excluding carboxylic acids is 1. The van der Waals surface area contributed by atoms with Gasteiger partial charge in [0.2, 0.25) is 15.9 Å². The van der Waals surface area contributed by atoms with E-state index in [2.05, 4.69) is 12.2 Å². The third-order valence-corrected chi connectivity index (χ3v) is 4.43. The Balaban J connectivity index is 2.84. The Morgan fingerprint density at radius 3 is 2.23 bits per heavy atom. The van der Waals surface area contributed by atoms with Gasteiger partial charge in [0.25, 0.3) is 0 Å². The zero-order chi connectivity index (χ0) is 16.8. The number of unbranched alkanes of at least 4 members (excludes halogenated alkanes) is 2. The molecule has 0 fully saturated rings. The molecule has 0 saturated heterocycles. The van der Waals surface area contributed by atoms with Gasteiger partial charge in [-0.05, 0) is 43.5 Å². The fraction of sp³-hybridized carbons (Fsp3) is 0.562. The van der Waals surface area contributed by atoms with Crippen molar-refractivity contribution in [2.45, 2.75) is 40.0 Å². The first-order chi connectivity index (χ1) is 10.2. The fourth-order valence-electron chi connectivity index (χ4n) is 2.28. The predicted molar refractivity (Wildman–Crippen MR) is 90.6 cm³/mol. The summed E-state index contributed by atoms with van der Waals surface area (Å²) in [6.07, 6.45) is 4.15. The number of carbonyl (C=O) groups is 1. The molecule has 1 rings (SSSR count). The summed E-state index contributed by atoms with van der Waals surface area (Å²) in [6, 6.07) is 5.52. The minimum Gasteiger partial charge on any atom is -0.355 e. The normalized spacial score (nSPS) is 11.3. The van der Waals surface area contributed by atoms with E-state index in [1.165, 1.54) is 0 Å². The summed E-state index contributed by atoms with van der Waals surface area (Å²) in [5, 5.41) is 2.77. The number of nitrogens with zero attached hydrogens (tertiary/aromatic N) is 1. The lowest BCUT2D eigenvalue weighted by Gasteiger charge is -2.22. The molecule has 124 valence electrons. The summed E-state index contributed by atoms with van der Waals surface area (Å²) in [6.45, 7) is 6.29. The minimum atomic E-state index is -3.51. The van der Waals surface area contributed by atoms with E-state index < -0.39 is 10.0 Å². The molecule has 0 radical (unpaired) electrons. The van der Waals surface area contributed by atoms with E-state index in [0.717, 1.165) is 41.0 Å². The maximum absolute atomic E-state index is 12.0. The molecular formula is C16H26N2O3S. The van der Waals surface area contributed by atoms with Crippen LogP contribution in [-0.2, 0) is 14.8 Å². The molecule has 0 aromatic heterocycles. The van der Waals surface area contributed by atoms with Crippen LogP contribution in [0.5, 0.6) is 0 Å². The Morgan fingerprint density at radius 1 is 1.14 bits per heavy atom. The highest BCUT2D eigenvalue weighted by Crippen LogP contribution is 2.21. The molecule has 0 aliphatic heterocycles. The molecule has 1 aromatic carbocycles. The molecule has 0 atom stereocenters.